The number of aromatic nitrogens is 1. The predicted octanol–water partition coefficient (Wildman–Crippen LogP) is 2.43. The van der Waals surface area contributed by atoms with Crippen molar-refractivity contribution in [3.05, 3.63) is 23.3 Å². The molecule has 2 rings (SSSR count). The number of hydrogen-bond donors (Lipinski definition) is 1. The number of rotatable bonds is 2. The Morgan fingerprint density at radius 1 is 1.50 bits per heavy atom. The van der Waals surface area contributed by atoms with Crippen LogP contribution in [0.25, 0.3) is 10.2 Å². The maximum absolute atomic E-state index is 11.4. The van der Waals surface area contributed by atoms with Gasteiger partial charge in [0.05, 0.1) is 22.9 Å². The van der Waals surface area contributed by atoms with E-state index < -0.39 is 0 Å². The summed E-state index contributed by atoms with van der Waals surface area (Å²) in [6.45, 7) is 1.94. The van der Waals surface area contributed by atoms with Gasteiger partial charge in [-0.15, -0.1) is 0 Å². The van der Waals surface area contributed by atoms with E-state index in [1.54, 1.807) is 6.07 Å². The van der Waals surface area contributed by atoms with E-state index in [9.17, 15) is 4.79 Å². The summed E-state index contributed by atoms with van der Waals surface area (Å²) in [5.41, 5.74) is 2.48. The van der Waals surface area contributed by atoms with Crippen molar-refractivity contribution in [1.82, 2.24) is 4.98 Å². The number of esters is 1. The minimum atomic E-state index is -0.315. The second-order valence-electron chi connectivity index (χ2n) is 3.40. The van der Waals surface area contributed by atoms with Crippen LogP contribution in [0.1, 0.15) is 15.9 Å². The topological polar surface area (TPSA) is 51.2 Å². The molecule has 0 bridgehead atoms. The molecule has 0 saturated carbocycles. The van der Waals surface area contributed by atoms with Gasteiger partial charge in [0.15, 0.2) is 5.13 Å². The Labute approximate surface area is 97.3 Å². The molecule has 4 nitrogen and oxygen atoms in total. The van der Waals surface area contributed by atoms with Gasteiger partial charge in [-0.05, 0) is 24.6 Å². The summed E-state index contributed by atoms with van der Waals surface area (Å²) in [5, 5.41) is 3.84. The number of thiazole rings is 1. The molecule has 1 aromatic heterocycles. The third-order valence-electron chi connectivity index (χ3n) is 2.32. The van der Waals surface area contributed by atoms with Crippen LogP contribution in [0.15, 0.2) is 12.1 Å². The highest BCUT2D eigenvalue weighted by Crippen LogP contribution is 2.29. The number of nitrogens with zero attached hydrogens (tertiary/aromatic N) is 1. The van der Waals surface area contributed by atoms with Gasteiger partial charge in [0.1, 0.15) is 0 Å². The van der Waals surface area contributed by atoms with Gasteiger partial charge in [0.25, 0.3) is 0 Å². The average molecular weight is 236 g/mol. The fourth-order valence-electron chi connectivity index (χ4n) is 1.54. The van der Waals surface area contributed by atoms with E-state index in [2.05, 4.69) is 10.3 Å². The number of ether oxygens (including phenoxy) is 1. The minimum absolute atomic E-state index is 0.315. The zero-order valence-corrected chi connectivity index (χ0v) is 10.1. The Morgan fingerprint density at radius 2 is 2.25 bits per heavy atom. The number of carbonyl (C=O) groups is 1. The molecule has 2 aromatic rings. The maximum atomic E-state index is 11.4. The van der Waals surface area contributed by atoms with Crippen LogP contribution in [0.4, 0.5) is 5.13 Å². The van der Waals surface area contributed by atoms with E-state index in [0.29, 0.717) is 5.56 Å². The van der Waals surface area contributed by atoms with Gasteiger partial charge in [0.2, 0.25) is 0 Å². The first-order valence-corrected chi connectivity index (χ1v) is 5.64. The SMILES string of the molecule is CNc1nc2c(C)cc(C(=O)OC)cc2s1. The third-order valence-corrected chi connectivity index (χ3v) is 3.34. The van der Waals surface area contributed by atoms with E-state index in [-0.39, 0.29) is 5.97 Å². The monoisotopic (exact) mass is 236 g/mol. The summed E-state index contributed by atoms with van der Waals surface area (Å²) in [5.74, 6) is -0.315. The number of fused-ring (bicyclic) bond motifs is 1. The largest absolute Gasteiger partial charge is 0.465 e. The van der Waals surface area contributed by atoms with Crippen molar-refractivity contribution in [2.75, 3.05) is 19.5 Å². The van der Waals surface area contributed by atoms with Gasteiger partial charge in [-0.3, -0.25) is 0 Å². The van der Waals surface area contributed by atoms with Crippen molar-refractivity contribution in [2.45, 2.75) is 6.92 Å². The molecule has 0 saturated heterocycles. The molecule has 16 heavy (non-hydrogen) atoms. The molecule has 0 aliphatic rings. The van der Waals surface area contributed by atoms with E-state index in [1.807, 2.05) is 20.0 Å². The van der Waals surface area contributed by atoms with Crippen molar-refractivity contribution in [1.29, 1.82) is 0 Å². The highest BCUT2D eigenvalue weighted by Gasteiger charge is 2.11. The van der Waals surface area contributed by atoms with Gasteiger partial charge < -0.3 is 10.1 Å². The molecule has 0 amide bonds. The quantitative estimate of drug-likeness (QED) is 0.814. The predicted molar refractivity (Wildman–Crippen MR) is 65.2 cm³/mol. The first-order chi connectivity index (χ1) is 7.65. The summed E-state index contributed by atoms with van der Waals surface area (Å²) in [6.07, 6.45) is 0. The molecule has 0 fully saturated rings. The lowest BCUT2D eigenvalue weighted by Gasteiger charge is -2.00. The van der Waals surface area contributed by atoms with Crippen LogP contribution in [-0.2, 0) is 4.74 Å². The van der Waals surface area contributed by atoms with Gasteiger partial charge >= 0.3 is 5.97 Å². The molecule has 84 valence electrons. The Hall–Kier alpha value is -1.62. The second-order valence-corrected chi connectivity index (χ2v) is 4.43. The molecule has 0 aliphatic heterocycles. The van der Waals surface area contributed by atoms with Crippen molar-refractivity contribution in [2.24, 2.45) is 0 Å². The second kappa shape index (κ2) is 4.09. The molecule has 0 aliphatic carbocycles. The van der Waals surface area contributed by atoms with E-state index >= 15 is 0 Å². The molecule has 0 spiro atoms. The number of benzene rings is 1. The van der Waals surface area contributed by atoms with Crippen molar-refractivity contribution >= 4 is 32.7 Å². The first kappa shape index (κ1) is 10.9. The molecule has 0 atom stereocenters. The number of carbonyl (C=O) groups excluding carboxylic acids is 1. The zero-order chi connectivity index (χ0) is 11.7. The molecule has 1 aromatic carbocycles. The van der Waals surface area contributed by atoms with E-state index in [0.717, 1.165) is 20.9 Å². The number of anilines is 1. The summed E-state index contributed by atoms with van der Waals surface area (Å²) < 4.78 is 5.69. The molecule has 1 heterocycles. The lowest BCUT2D eigenvalue weighted by atomic mass is 10.1. The number of nitrogens with one attached hydrogen (secondary N) is 1. The molecule has 0 unspecified atom stereocenters. The molecule has 0 radical (unpaired) electrons. The standard InChI is InChI=1S/C11H12N2O2S/c1-6-4-7(10(14)15-3)5-8-9(6)13-11(12-2)16-8/h4-5H,1-3H3,(H,12,13). The molecular weight excluding hydrogens is 224 g/mol. The normalized spacial score (nSPS) is 10.4. The Kier molecular flexibility index (Phi) is 2.78. The fourth-order valence-corrected chi connectivity index (χ4v) is 2.48. The third kappa shape index (κ3) is 1.74. The van der Waals surface area contributed by atoms with Gasteiger partial charge in [0, 0.05) is 7.05 Å². The van der Waals surface area contributed by atoms with Crippen molar-refractivity contribution in [3.63, 3.8) is 0 Å². The first-order valence-electron chi connectivity index (χ1n) is 4.83. The lowest BCUT2D eigenvalue weighted by Crippen LogP contribution is -2.01. The summed E-state index contributed by atoms with van der Waals surface area (Å²) in [4.78, 5) is 15.8. The van der Waals surface area contributed by atoms with Crippen LogP contribution < -0.4 is 5.32 Å². The molecule has 1 N–H and O–H groups in total. The Morgan fingerprint density at radius 3 is 2.88 bits per heavy atom. The van der Waals surface area contributed by atoms with Crippen LogP contribution in [0.2, 0.25) is 0 Å². The highest BCUT2D eigenvalue weighted by molar-refractivity contribution is 7.22. The van der Waals surface area contributed by atoms with Gasteiger partial charge in [-0.25, -0.2) is 9.78 Å². The minimum Gasteiger partial charge on any atom is -0.465 e. The Balaban J connectivity index is 2.61. The summed E-state index contributed by atoms with van der Waals surface area (Å²) in [7, 11) is 3.21. The summed E-state index contributed by atoms with van der Waals surface area (Å²) in [6, 6.07) is 3.61. The number of methoxy groups -OCH3 is 1. The average Bonchev–Trinajstić information content (AvgIpc) is 2.71. The van der Waals surface area contributed by atoms with Crippen molar-refractivity contribution in [3.8, 4) is 0 Å². The number of aryl methyl sites for hydroxylation is 1. The number of hydrogen-bond acceptors (Lipinski definition) is 5. The van der Waals surface area contributed by atoms with Crippen LogP contribution in [0.3, 0.4) is 0 Å². The Bertz CT molecular complexity index is 548. The van der Waals surface area contributed by atoms with E-state index in [1.165, 1.54) is 18.4 Å². The van der Waals surface area contributed by atoms with E-state index in [4.69, 9.17) is 4.74 Å². The highest BCUT2D eigenvalue weighted by atomic mass is 32.1. The molecule has 5 heteroatoms. The van der Waals surface area contributed by atoms with Gasteiger partial charge in [-0.1, -0.05) is 11.3 Å². The van der Waals surface area contributed by atoms with Crippen LogP contribution in [0.5, 0.6) is 0 Å². The smallest absolute Gasteiger partial charge is 0.337 e. The molecular formula is C11H12N2O2S. The van der Waals surface area contributed by atoms with Crippen molar-refractivity contribution < 1.29 is 9.53 Å². The van der Waals surface area contributed by atoms with Crippen LogP contribution >= 0.6 is 11.3 Å². The lowest BCUT2D eigenvalue weighted by molar-refractivity contribution is 0.0601. The van der Waals surface area contributed by atoms with Gasteiger partial charge in [-0.2, -0.15) is 0 Å². The maximum Gasteiger partial charge on any atom is 0.337 e. The van der Waals surface area contributed by atoms with Crippen LogP contribution in [-0.4, -0.2) is 25.1 Å². The fraction of sp³-hybridized carbons (Fsp3) is 0.273. The summed E-state index contributed by atoms with van der Waals surface area (Å²) >= 11 is 1.52. The zero-order valence-electron chi connectivity index (χ0n) is 9.33. The van der Waals surface area contributed by atoms with Crippen LogP contribution in [0, 0.1) is 6.92 Å².